The highest BCUT2D eigenvalue weighted by atomic mass is 16.5. The minimum Gasteiger partial charge on any atom is -0.383 e. The predicted molar refractivity (Wildman–Crippen MR) is 83.1 cm³/mol. The van der Waals surface area contributed by atoms with E-state index in [9.17, 15) is 4.79 Å². The summed E-state index contributed by atoms with van der Waals surface area (Å²) in [5, 5.41) is 0. The van der Waals surface area contributed by atoms with Gasteiger partial charge in [-0.2, -0.15) is 0 Å². The van der Waals surface area contributed by atoms with E-state index < -0.39 is 0 Å². The Kier molecular flexibility index (Phi) is 5.17. The summed E-state index contributed by atoms with van der Waals surface area (Å²) in [5.41, 5.74) is 0. The van der Waals surface area contributed by atoms with Crippen molar-refractivity contribution in [2.75, 3.05) is 46.4 Å². The average Bonchev–Trinajstić information content (AvgIpc) is 2.52. The van der Waals surface area contributed by atoms with Gasteiger partial charge in [0.1, 0.15) is 0 Å². The summed E-state index contributed by atoms with van der Waals surface area (Å²) < 4.78 is 5.14. The Morgan fingerprint density at radius 2 is 1.76 bits per heavy atom. The van der Waals surface area contributed by atoms with Crippen molar-refractivity contribution < 1.29 is 9.53 Å². The first-order valence-electron chi connectivity index (χ1n) is 8.76. The summed E-state index contributed by atoms with van der Waals surface area (Å²) in [6.07, 6.45) is 7.52. The van der Waals surface area contributed by atoms with E-state index in [-0.39, 0.29) is 5.92 Å². The molecule has 0 aromatic rings. The molecule has 21 heavy (non-hydrogen) atoms. The molecule has 0 spiro atoms. The molecule has 120 valence electrons. The van der Waals surface area contributed by atoms with Crippen molar-refractivity contribution in [1.82, 2.24) is 9.80 Å². The van der Waals surface area contributed by atoms with Gasteiger partial charge in [0, 0.05) is 32.7 Å². The van der Waals surface area contributed by atoms with Crippen molar-refractivity contribution >= 4 is 5.91 Å². The number of hydrogen-bond donors (Lipinski definition) is 0. The van der Waals surface area contributed by atoms with E-state index in [2.05, 4.69) is 9.80 Å². The largest absolute Gasteiger partial charge is 0.383 e. The lowest BCUT2D eigenvalue weighted by Crippen LogP contribution is -2.49. The van der Waals surface area contributed by atoms with E-state index in [4.69, 9.17) is 4.74 Å². The van der Waals surface area contributed by atoms with E-state index in [1.807, 2.05) is 0 Å². The highest BCUT2D eigenvalue weighted by molar-refractivity contribution is 5.79. The van der Waals surface area contributed by atoms with Crippen molar-refractivity contribution in [3.05, 3.63) is 0 Å². The van der Waals surface area contributed by atoms with Crippen molar-refractivity contribution in [2.24, 2.45) is 17.8 Å². The van der Waals surface area contributed by atoms with Crippen molar-refractivity contribution in [3.63, 3.8) is 0 Å². The number of nitrogens with zero attached hydrogens (tertiary/aromatic N) is 2. The van der Waals surface area contributed by atoms with Gasteiger partial charge in [-0.3, -0.25) is 4.79 Å². The maximum atomic E-state index is 12.8. The van der Waals surface area contributed by atoms with E-state index in [1.54, 1.807) is 7.11 Å². The molecule has 0 radical (unpaired) electrons. The van der Waals surface area contributed by atoms with Crippen LogP contribution >= 0.6 is 0 Å². The summed E-state index contributed by atoms with van der Waals surface area (Å²) in [6.45, 7) is 6.00. The fourth-order valence-corrected chi connectivity index (χ4v) is 4.49. The smallest absolute Gasteiger partial charge is 0.225 e. The fourth-order valence-electron chi connectivity index (χ4n) is 4.49. The second-order valence-corrected chi connectivity index (χ2v) is 7.25. The number of carbonyl (C=O) groups excluding carboxylic acids is 1. The van der Waals surface area contributed by atoms with Crippen LogP contribution in [0.5, 0.6) is 0 Å². The minimum atomic E-state index is 0.280. The molecule has 2 atom stereocenters. The van der Waals surface area contributed by atoms with Gasteiger partial charge >= 0.3 is 0 Å². The molecule has 2 saturated heterocycles. The average molecular weight is 294 g/mol. The molecule has 2 bridgehead atoms. The number of ether oxygens (including phenoxy) is 1. The third kappa shape index (κ3) is 3.78. The molecule has 4 heteroatoms. The minimum absolute atomic E-state index is 0.280. The Morgan fingerprint density at radius 3 is 2.38 bits per heavy atom. The number of hydrogen-bond acceptors (Lipinski definition) is 3. The van der Waals surface area contributed by atoms with Gasteiger partial charge in [-0.1, -0.05) is 6.42 Å². The fraction of sp³-hybridized carbons (Fsp3) is 0.941. The van der Waals surface area contributed by atoms with Crippen LogP contribution in [0.1, 0.15) is 38.5 Å². The van der Waals surface area contributed by atoms with Crippen LogP contribution in [0.2, 0.25) is 0 Å². The number of fused-ring (bicyclic) bond motifs is 2. The predicted octanol–water partition coefficient (Wildman–Crippen LogP) is 1.99. The molecule has 2 aliphatic heterocycles. The number of likely N-dealkylation sites (tertiary alicyclic amines) is 2. The summed E-state index contributed by atoms with van der Waals surface area (Å²) in [5.74, 6) is 2.33. The first kappa shape index (κ1) is 15.3. The highest BCUT2D eigenvalue weighted by Gasteiger charge is 2.35. The van der Waals surface area contributed by atoms with Crippen LogP contribution < -0.4 is 0 Å². The molecule has 3 fully saturated rings. The lowest BCUT2D eigenvalue weighted by Gasteiger charge is -2.43. The SMILES string of the molecule is COCCN1CCC(C(=O)N2C[C@H]3CCC[C@@H](C3)C2)CC1. The Hall–Kier alpha value is -0.610. The van der Waals surface area contributed by atoms with E-state index in [1.165, 1.54) is 25.7 Å². The number of piperidine rings is 2. The van der Waals surface area contributed by atoms with Crippen LogP contribution in [0.25, 0.3) is 0 Å². The summed E-state index contributed by atoms with van der Waals surface area (Å²) in [4.78, 5) is 17.4. The maximum Gasteiger partial charge on any atom is 0.225 e. The molecule has 0 aromatic carbocycles. The molecular formula is C17H30N2O2. The molecule has 1 amide bonds. The van der Waals surface area contributed by atoms with Crippen molar-refractivity contribution in [3.8, 4) is 0 Å². The van der Waals surface area contributed by atoms with E-state index in [0.29, 0.717) is 5.91 Å². The Balaban J connectivity index is 1.48. The Labute approximate surface area is 128 Å². The first-order valence-corrected chi connectivity index (χ1v) is 8.76. The molecule has 0 N–H and O–H groups in total. The maximum absolute atomic E-state index is 12.8. The molecule has 4 nitrogen and oxygen atoms in total. The zero-order valence-corrected chi connectivity index (χ0v) is 13.4. The van der Waals surface area contributed by atoms with E-state index >= 15 is 0 Å². The van der Waals surface area contributed by atoms with Gasteiger partial charge in [0.15, 0.2) is 0 Å². The Bertz CT molecular complexity index is 341. The molecule has 3 rings (SSSR count). The molecule has 3 aliphatic rings. The molecule has 0 aromatic heterocycles. The van der Waals surface area contributed by atoms with Crippen LogP contribution in [0, 0.1) is 17.8 Å². The van der Waals surface area contributed by atoms with Crippen LogP contribution in [0.3, 0.4) is 0 Å². The normalized spacial score (nSPS) is 31.4. The van der Waals surface area contributed by atoms with Crippen LogP contribution in [0.15, 0.2) is 0 Å². The van der Waals surface area contributed by atoms with Gasteiger partial charge < -0.3 is 14.5 Å². The monoisotopic (exact) mass is 294 g/mol. The zero-order valence-electron chi connectivity index (χ0n) is 13.4. The lowest BCUT2D eigenvalue weighted by atomic mass is 9.77. The summed E-state index contributed by atoms with van der Waals surface area (Å²) in [6, 6.07) is 0. The van der Waals surface area contributed by atoms with Gasteiger partial charge in [0.05, 0.1) is 6.61 Å². The zero-order chi connectivity index (χ0) is 14.7. The van der Waals surface area contributed by atoms with Gasteiger partial charge in [-0.05, 0) is 57.0 Å². The van der Waals surface area contributed by atoms with Crippen LogP contribution in [-0.4, -0.2) is 62.1 Å². The number of amides is 1. The third-order valence-corrected chi connectivity index (χ3v) is 5.71. The topological polar surface area (TPSA) is 32.8 Å². The molecule has 1 aliphatic carbocycles. The second-order valence-electron chi connectivity index (χ2n) is 7.25. The van der Waals surface area contributed by atoms with Gasteiger partial charge in [0.2, 0.25) is 5.91 Å². The van der Waals surface area contributed by atoms with Crippen LogP contribution in [0.4, 0.5) is 0 Å². The summed E-state index contributed by atoms with van der Waals surface area (Å²) in [7, 11) is 1.75. The van der Waals surface area contributed by atoms with Gasteiger partial charge in [-0.15, -0.1) is 0 Å². The third-order valence-electron chi connectivity index (χ3n) is 5.71. The summed E-state index contributed by atoms with van der Waals surface area (Å²) >= 11 is 0. The molecule has 0 unspecified atom stereocenters. The van der Waals surface area contributed by atoms with Crippen molar-refractivity contribution in [2.45, 2.75) is 38.5 Å². The lowest BCUT2D eigenvalue weighted by molar-refractivity contribution is -0.141. The molecule has 1 saturated carbocycles. The highest BCUT2D eigenvalue weighted by Crippen LogP contribution is 2.35. The number of carbonyl (C=O) groups is 1. The first-order chi connectivity index (χ1) is 10.3. The van der Waals surface area contributed by atoms with E-state index in [0.717, 1.165) is 64.0 Å². The quantitative estimate of drug-likeness (QED) is 0.795. The standard InChI is InChI=1S/C17H30N2O2/c1-21-10-9-18-7-5-16(6-8-18)17(20)19-12-14-3-2-4-15(11-14)13-19/h14-16H,2-13H2,1H3/t14-,15-/m0/s1. The number of rotatable bonds is 4. The molecular weight excluding hydrogens is 264 g/mol. The molecule has 2 heterocycles. The van der Waals surface area contributed by atoms with Crippen molar-refractivity contribution in [1.29, 1.82) is 0 Å². The Morgan fingerprint density at radius 1 is 1.10 bits per heavy atom. The van der Waals surface area contributed by atoms with Crippen LogP contribution in [-0.2, 0) is 9.53 Å². The van der Waals surface area contributed by atoms with Gasteiger partial charge in [-0.25, -0.2) is 0 Å². The number of methoxy groups -OCH3 is 1. The van der Waals surface area contributed by atoms with Gasteiger partial charge in [0.25, 0.3) is 0 Å². The second kappa shape index (κ2) is 7.10.